The molecule has 1 aromatic rings. The monoisotopic (exact) mass is 185 g/mol. The fourth-order valence-corrected chi connectivity index (χ4v) is 1.06. The highest BCUT2D eigenvalue weighted by atomic mass is 19.1. The van der Waals surface area contributed by atoms with E-state index in [1.807, 2.05) is 0 Å². The van der Waals surface area contributed by atoms with Crippen molar-refractivity contribution in [1.82, 2.24) is 0 Å². The van der Waals surface area contributed by atoms with Crippen molar-refractivity contribution in [3.05, 3.63) is 39.2 Å². The molecular weight excluding hydrogens is 177 g/mol. The van der Waals surface area contributed by atoms with Crippen molar-refractivity contribution in [2.75, 3.05) is 0 Å². The van der Waals surface area contributed by atoms with Gasteiger partial charge in [-0.2, -0.15) is 0 Å². The topological polar surface area (TPSA) is 63.4 Å². The Kier molecular flexibility index (Phi) is 2.57. The number of benzene rings is 1. The van der Waals surface area contributed by atoms with Crippen molar-refractivity contribution in [3.63, 3.8) is 0 Å². The van der Waals surface area contributed by atoms with Gasteiger partial charge in [0.25, 0.3) is 5.69 Å². The summed E-state index contributed by atoms with van der Waals surface area (Å²) in [6.45, 7) is 1.07. The van der Waals surface area contributed by atoms with Crippen LogP contribution >= 0.6 is 0 Å². The van der Waals surface area contributed by atoms with Crippen molar-refractivity contribution in [2.45, 2.75) is 13.5 Å². The van der Waals surface area contributed by atoms with Crippen LogP contribution in [0.15, 0.2) is 12.1 Å². The Bertz CT molecular complexity index is 328. The predicted octanol–water partition coefficient (Wildman–Crippen LogP) is 1.53. The van der Waals surface area contributed by atoms with Crippen LogP contribution in [0.25, 0.3) is 0 Å². The molecule has 0 fully saturated rings. The van der Waals surface area contributed by atoms with Gasteiger partial charge >= 0.3 is 0 Å². The molecule has 1 aromatic carbocycles. The maximum Gasteiger partial charge on any atom is 0.272 e. The van der Waals surface area contributed by atoms with E-state index in [2.05, 4.69) is 0 Å². The number of aryl methyl sites for hydroxylation is 1. The number of non-ortho nitro benzene ring substituents is 1. The first-order valence-electron chi connectivity index (χ1n) is 3.60. The van der Waals surface area contributed by atoms with E-state index in [9.17, 15) is 14.5 Å². The molecule has 0 atom stereocenters. The number of aliphatic hydroxyl groups is 1. The number of nitrogens with zero attached hydrogens (tertiary/aromatic N) is 1. The second-order valence-corrected chi connectivity index (χ2v) is 2.64. The number of hydrogen-bond donors (Lipinski definition) is 1. The van der Waals surface area contributed by atoms with E-state index in [0.717, 1.165) is 6.07 Å². The third-order valence-corrected chi connectivity index (χ3v) is 1.77. The van der Waals surface area contributed by atoms with Gasteiger partial charge in [0, 0.05) is 11.6 Å². The fraction of sp³-hybridized carbons (Fsp3) is 0.250. The molecule has 1 rings (SSSR count). The summed E-state index contributed by atoms with van der Waals surface area (Å²) in [7, 11) is 0. The van der Waals surface area contributed by atoms with Crippen LogP contribution in [-0.2, 0) is 6.61 Å². The zero-order chi connectivity index (χ0) is 10.0. The van der Waals surface area contributed by atoms with Crippen LogP contribution in [0.4, 0.5) is 10.1 Å². The van der Waals surface area contributed by atoms with Crippen LogP contribution in [0.1, 0.15) is 11.1 Å². The van der Waals surface area contributed by atoms with Gasteiger partial charge in [-0.15, -0.1) is 0 Å². The van der Waals surface area contributed by atoms with E-state index in [0.29, 0.717) is 5.56 Å². The van der Waals surface area contributed by atoms with Gasteiger partial charge < -0.3 is 5.11 Å². The molecular formula is C8H8FNO3. The van der Waals surface area contributed by atoms with Crippen molar-refractivity contribution in [3.8, 4) is 0 Å². The molecule has 0 unspecified atom stereocenters. The van der Waals surface area contributed by atoms with Crippen LogP contribution in [-0.4, -0.2) is 10.0 Å². The van der Waals surface area contributed by atoms with Crippen LogP contribution in [0.5, 0.6) is 0 Å². The van der Waals surface area contributed by atoms with E-state index in [4.69, 9.17) is 5.11 Å². The maximum absolute atomic E-state index is 13.0. The standard InChI is InChI=1S/C8H8FNO3/c1-5-2-6(10(12)13)3-8(9)7(5)4-11/h2-3,11H,4H2,1H3. The van der Waals surface area contributed by atoms with E-state index in [1.165, 1.54) is 13.0 Å². The van der Waals surface area contributed by atoms with Gasteiger partial charge in [0.2, 0.25) is 0 Å². The lowest BCUT2D eigenvalue weighted by Gasteiger charge is -2.02. The third kappa shape index (κ3) is 1.81. The lowest BCUT2D eigenvalue weighted by molar-refractivity contribution is -0.385. The summed E-state index contributed by atoms with van der Waals surface area (Å²) in [5.74, 6) is -0.741. The second-order valence-electron chi connectivity index (χ2n) is 2.64. The van der Waals surface area contributed by atoms with Crippen molar-refractivity contribution in [1.29, 1.82) is 0 Å². The molecule has 0 amide bonds. The number of halogens is 1. The summed E-state index contributed by atoms with van der Waals surface area (Å²) in [6.07, 6.45) is 0. The van der Waals surface area contributed by atoms with Gasteiger partial charge in [-0.25, -0.2) is 4.39 Å². The molecule has 0 saturated carbocycles. The van der Waals surface area contributed by atoms with E-state index in [-0.39, 0.29) is 11.3 Å². The highest BCUT2D eigenvalue weighted by Crippen LogP contribution is 2.20. The first-order valence-corrected chi connectivity index (χ1v) is 3.60. The molecule has 0 bridgehead atoms. The number of nitro benzene ring substituents is 1. The maximum atomic E-state index is 13.0. The van der Waals surface area contributed by atoms with Gasteiger partial charge in [0.15, 0.2) is 0 Å². The highest BCUT2D eigenvalue weighted by molar-refractivity contribution is 5.40. The minimum atomic E-state index is -0.741. The van der Waals surface area contributed by atoms with Gasteiger partial charge in [0.1, 0.15) is 5.82 Å². The second kappa shape index (κ2) is 3.49. The average Bonchev–Trinajstić information content (AvgIpc) is 2.03. The van der Waals surface area contributed by atoms with Crippen LogP contribution < -0.4 is 0 Å². The molecule has 5 heteroatoms. The van der Waals surface area contributed by atoms with Crippen LogP contribution in [0.2, 0.25) is 0 Å². The Morgan fingerprint density at radius 1 is 1.62 bits per heavy atom. The lowest BCUT2D eigenvalue weighted by atomic mass is 10.1. The predicted molar refractivity (Wildman–Crippen MR) is 43.7 cm³/mol. The van der Waals surface area contributed by atoms with Crippen LogP contribution in [0.3, 0.4) is 0 Å². The van der Waals surface area contributed by atoms with E-state index < -0.39 is 17.3 Å². The van der Waals surface area contributed by atoms with Crippen molar-refractivity contribution in [2.24, 2.45) is 0 Å². The first kappa shape index (κ1) is 9.60. The normalized spacial score (nSPS) is 10.1. The Morgan fingerprint density at radius 3 is 2.62 bits per heavy atom. The molecule has 1 N–H and O–H groups in total. The summed E-state index contributed by atoms with van der Waals surface area (Å²) >= 11 is 0. The SMILES string of the molecule is Cc1cc([N+](=O)[O-])cc(F)c1CO. The summed E-state index contributed by atoms with van der Waals surface area (Å²) in [6, 6.07) is 2.03. The third-order valence-electron chi connectivity index (χ3n) is 1.77. The van der Waals surface area contributed by atoms with Gasteiger partial charge in [0.05, 0.1) is 17.6 Å². The molecule has 70 valence electrons. The number of hydrogen-bond acceptors (Lipinski definition) is 3. The summed E-state index contributed by atoms with van der Waals surface area (Å²) in [4.78, 5) is 9.61. The molecule has 0 aliphatic heterocycles. The smallest absolute Gasteiger partial charge is 0.272 e. The highest BCUT2D eigenvalue weighted by Gasteiger charge is 2.13. The number of rotatable bonds is 2. The van der Waals surface area contributed by atoms with Gasteiger partial charge in [-0.1, -0.05) is 0 Å². The zero-order valence-electron chi connectivity index (χ0n) is 6.95. The Morgan fingerprint density at radius 2 is 2.23 bits per heavy atom. The average molecular weight is 185 g/mol. The van der Waals surface area contributed by atoms with Gasteiger partial charge in [-0.3, -0.25) is 10.1 Å². The summed E-state index contributed by atoms with van der Waals surface area (Å²) < 4.78 is 13.0. The van der Waals surface area contributed by atoms with Crippen molar-refractivity contribution >= 4 is 5.69 Å². The molecule has 13 heavy (non-hydrogen) atoms. The molecule has 0 aliphatic rings. The first-order chi connectivity index (χ1) is 6.06. The van der Waals surface area contributed by atoms with Crippen molar-refractivity contribution < 1.29 is 14.4 Å². The molecule has 0 aliphatic carbocycles. The fourth-order valence-electron chi connectivity index (χ4n) is 1.06. The molecule has 0 radical (unpaired) electrons. The number of aliphatic hydroxyl groups excluding tert-OH is 1. The molecule has 0 saturated heterocycles. The van der Waals surface area contributed by atoms with Gasteiger partial charge in [-0.05, 0) is 12.5 Å². The molecule has 0 spiro atoms. The molecule has 0 heterocycles. The molecule has 0 aromatic heterocycles. The quantitative estimate of drug-likeness (QED) is 0.561. The van der Waals surface area contributed by atoms with Crippen LogP contribution in [0, 0.1) is 22.9 Å². The van der Waals surface area contributed by atoms with E-state index in [1.54, 1.807) is 0 Å². The Hall–Kier alpha value is -1.49. The summed E-state index contributed by atoms with van der Waals surface area (Å²) in [5.41, 5.74) is 0.187. The Labute approximate surface area is 73.8 Å². The Balaban J connectivity index is 3.28. The lowest BCUT2D eigenvalue weighted by Crippen LogP contribution is -1.97. The van der Waals surface area contributed by atoms with E-state index >= 15 is 0 Å². The zero-order valence-corrected chi connectivity index (χ0v) is 6.95. The number of nitro groups is 1. The largest absolute Gasteiger partial charge is 0.392 e. The minimum absolute atomic E-state index is 0.102. The minimum Gasteiger partial charge on any atom is -0.392 e. The summed E-state index contributed by atoms with van der Waals surface area (Å²) in [5, 5.41) is 19.0. The molecule has 4 nitrogen and oxygen atoms in total.